The van der Waals surface area contributed by atoms with Gasteiger partial charge in [-0.1, -0.05) is 12.1 Å². The molecule has 5 heteroatoms. The van der Waals surface area contributed by atoms with Crippen molar-refractivity contribution in [3.8, 4) is 0 Å². The molecule has 0 aliphatic heterocycles. The van der Waals surface area contributed by atoms with Crippen molar-refractivity contribution in [3.05, 3.63) is 35.6 Å². The lowest BCUT2D eigenvalue weighted by Crippen LogP contribution is -2.44. The Labute approximate surface area is 93.6 Å². The van der Waals surface area contributed by atoms with Gasteiger partial charge in [-0.3, -0.25) is 10.1 Å². The number of methoxy groups -OCH3 is 1. The van der Waals surface area contributed by atoms with Gasteiger partial charge in [-0.25, -0.2) is 4.39 Å². The van der Waals surface area contributed by atoms with Crippen LogP contribution in [0.3, 0.4) is 0 Å². The molecule has 0 aliphatic rings. The molecule has 88 valence electrons. The van der Waals surface area contributed by atoms with Crippen molar-refractivity contribution >= 4 is 5.91 Å². The number of benzene rings is 1. The summed E-state index contributed by atoms with van der Waals surface area (Å²) in [6.07, 6.45) is 0. The second kappa shape index (κ2) is 6.19. The Hall–Kier alpha value is -1.46. The predicted molar refractivity (Wildman–Crippen MR) is 58.1 cm³/mol. The van der Waals surface area contributed by atoms with E-state index in [1.807, 2.05) is 0 Å². The van der Waals surface area contributed by atoms with Crippen molar-refractivity contribution < 1.29 is 13.9 Å². The maximum atomic E-state index is 12.6. The lowest BCUT2D eigenvalue weighted by Gasteiger charge is -2.14. The van der Waals surface area contributed by atoms with Crippen LogP contribution < -0.4 is 11.1 Å². The molecule has 1 rings (SSSR count). The number of hydrogen-bond acceptors (Lipinski definition) is 3. The third kappa shape index (κ3) is 3.96. The van der Waals surface area contributed by atoms with E-state index in [-0.39, 0.29) is 12.4 Å². The number of nitrogens with two attached hydrogens (primary N) is 1. The summed E-state index contributed by atoms with van der Waals surface area (Å²) in [5, 5.41) is 2.93. The van der Waals surface area contributed by atoms with Gasteiger partial charge in [0.25, 0.3) is 0 Å². The van der Waals surface area contributed by atoms with E-state index in [1.54, 1.807) is 12.1 Å². The van der Waals surface area contributed by atoms with Gasteiger partial charge in [0.05, 0.1) is 6.61 Å². The molecule has 0 fully saturated rings. The molecule has 0 spiro atoms. The lowest BCUT2D eigenvalue weighted by atomic mass is 10.2. The average Bonchev–Trinajstić information content (AvgIpc) is 2.26. The predicted octanol–water partition coefficient (Wildman–Crippen LogP) is 0.416. The van der Waals surface area contributed by atoms with Crippen molar-refractivity contribution in [1.29, 1.82) is 0 Å². The third-order valence-electron chi connectivity index (χ3n) is 2.14. The number of rotatable bonds is 6. The molecular formula is C11H15FN2O2. The molecule has 0 aromatic heterocycles. The zero-order chi connectivity index (χ0) is 12.0. The normalized spacial score (nSPS) is 12.4. The molecule has 0 saturated heterocycles. The van der Waals surface area contributed by atoms with Gasteiger partial charge in [0, 0.05) is 13.7 Å². The van der Waals surface area contributed by atoms with Crippen LogP contribution in [0.4, 0.5) is 4.39 Å². The quantitative estimate of drug-likeness (QED) is 0.738. The number of halogens is 1. The maximum Gasteiger partial charge on any atom is 0.236 e. The van der Waals surface area contributed by atoms with E-state index in [0.29, 0.717) is 6.54 Å². The summed E-state index contributed by atoms with van der Waals surface area (Å²) in [6, 6.07) is 5.50. The number of nitrogens with one attached hydrogen (secondary N) is 1. The molecule has 4 nitrogen and oxygen atoms in total. The zero-order valence-corrected chi connectivity index (χ0v) is 9.07. The molecule has 1 amide bonds. The molecule has 0 saturated carbocycles. The minimum atomic E-state index is -0.532. The summed E-state index contributed by atoms with van der Waals surface area (Å²) in [5.41, 5.74) is 6.05. The molecular weight excluding hydrogens is 211 g/mol. The first-order valence-corrected chi connectivity index (χ1v) is 4.89. The van der Waals surface area contributed by atoms with Crippen molar-refractivity contribution in [3.63, 3.8) is 0 Å². The van der Waals surface area contributed by atoms with Crippen LogP contribution in [-0.2, 0) is 16.1 Å². The van der Waals surface area contributed by atoms with Gasteiger partial charge < -0.3 is 10.5 Å². The highest BCUT2D eigenvalue weighted by Crippen LogP contribution is 2.02. The Bertz CT molecular complexity index is 340. The molecule has 1 unspecified atom stereocenters. The highest BCUT2D eigenvalue weighted by atomic mass is 19.1. The Morgan fingerprint density at radius 3 is 2.62 bits per heavy atom. The van der Waals surface area contributed by atoms with Gasteiger partial charge in [-0.15, -0.1) is 0 Å². The lowest BCUT2D eigenvalue weighted by molar-refractivity contribution is -0.121. The number of primary amides is 1. The van der Waals surface area contributed by atoms with Crippen LogP contribution in [0.1, 0.15) is 5.56 Å². The van der Waals surface area contributed by atoms with Crippen LogP contribution in [-0.4, -0.2) is 25.7 Å². The molecule has 3 N–H and O–H groups in total. The topological polar surface area (TPSA) is 64.3 Å². The molecule has 1 aromatic carbocycles. The van der Waals surface area contributed by atoms with E-state index in [9.17, 15) is 9.18 Å². The highest BCUT2D eigenvalue weighted by molar-refractivity contribution is 5.79. The second-order valence-electron chi connectivity index (χ2n) is 3.42. The number of ether oxygens (including phenoxy) is 1. The maximum absolute atomic E-state index is 12.6. The largest absolute Gasteiger partial charge is 0.383 e. The SMILES string of the molecule is COCC(NCc1ccc(F)cc1)C(N)=O. The van der Waals surface area contributed by atoms with Crippen molar-refractivity contribution in [2.24, 2.45) is 5.73 Å². The summed E-state index contributed by atoms with van der Waals surface area (Å²) in [5.74, 6) is -0.754. The fourth-order valence-electron chi connectivity index (χ4n) is 1.25. The fourth-order valence-corrected chi connectivity index (χ4v) is 1.25. The average molecular weight is 226 g/mol. The molecule has 16 heavy (non-hydrogen) atoms. The van der Waals surface area contributed by atoms with Crippen LogP contribution >= 0.6 is 0 Å². The van der Waals surface area contributed by atoms with E-state index in [0.717, 1.165) is 5.56 Å². The number of amides is 1. The van der Waals surface area contributed by atoms with Crippen molar-refractivity contribution in [2.75, 3.05) is 13.7 Å². The minimum Gasteiger partial charge on any atom is -0.383 e. The van der Waals surface area contributed by atoms with Crippen LogP contribution in [0.15, 0.2) is 24.3 Å². The molecule has 0 bridgehead atoms. The smallest absolute Gasteiger partial charge is 0.236 e. The van der Waals surface area contributed by atoms with E-state index in [4.69, 9.17) is 10.5 Å². The van der Waals surface area contributed by atoms with Gasteiger partial charge in [-0.05, 0) is 17.7 Å². The van der Waals surface area contributed by atoms with E-state index in [2.05, 4.69) is 5.32 Å². The first-order valence-electron chi connectivity index (χ1n) is 4.89. The monoisotopic (exact) mass is 226 g/mol. The van der Waals surface area contributed by atoms with E-state index in [1.165, 1.54) is 19.2 Å². The van der Waals surface area contributed by atoms with Crippen LogP contribution in [0.25, 0.3) is 0 Å². The second-order valence-corrected chi connectivity index (χ2v) is 3.42. The van der Waals surface area contributed by atoms with Gasteiger partial charge >= 0.3 is 0 Å². The van der Waals surface area contributed by atoms with Gasteiger partial charge in [0.1, 0.15) is 11.9 Å². The Morgan fingerprint density at radius 2 is 2.12 bits per heavy atom. The minimum absolute atomic E-state index is 0.219. The standard InChI is InChI=1S/C11H15FN2O2/c1-16-7-10(11(13)15)14-6-8-2-4-9(12)5-3-8/h2-5,10,14H,6-7H2,1H3,(H2,13,15). The van der Waals surface area contributed by atoms with Crippen molar-refractivity contribution in [1.82, 2.24) is 5.32 Å². The third-order valence-corrected chi connectivity index (χ3v) is 2.14. The molecule has 1 atom stereocenters. The van der Waals surface area contributed by atoms with Crippen LogP contribution in [0.2, 0.25) is 0 Å². The zero-order valence-electron chi connectivity index (χ0n) is 9.07. The number of carbonyl (C=O) groups is 1. The summed E-state index contributed by atoms with van der Waals surface area (Å²) >= 11 is 0. The summed E-state index contributed by atoms with van der Waals surface area (Å²) in [6.45, 7) is 0.660. The molecule has 1 aromatic rings. The Kier molecular flexibility index (Phi) is 4.88. The van der Waals surface area contributed by atoms with Crippen LogP contribution in [0.5, 0.6) is 0 Å². The Balaban J connectivity index is 2.48. The summed E-state index contributed by atoms with van der Waals surface area (Å²) in [7, 11) is 1.50. The Morgan fingerprint density at radius 1 is 1.50 bits per heavy atom. The van der Waals surface area contributed by atoms with Crippen molar-refractivity contribution in [2.45, 2.75) is 12.6 Å². The molecule has 0 heterocycles. The molecule has 0 aliphatic carbocycles. The van der Waals surface area contributed by atoms with E-state index < -0.39 is 11.9 Å². The van der Waals surface area contributed by atoms with Crippen LogP contribution in [0, 0.1) is 5.82 Å². The van der Waals surface area contributed by atoms with Gasteiger partial charge in [-0.2, -0.15) is 0 Å². The summed E-state index contributed by atoms with van der Waals surface area (Å²) < 4.78 is 17.5. The first-order chi connectivity index (χ1) is 7.63. The number of hydrogen-bond donors (Lipinski definition) is 2. The molecule has 0 radical (unpaired) electrons. The number of carbonyl (C=O) groups excluding carboxylic acids is 1. The van der Waals surface area contributed by atoms with E-state index >= 15 is 0 Å². The van der Waals surface area contributed by atoms with Gasteiger partial charge in [0.2, 0.25) is 5.91 Å². The highest BCUT2D eigenvalue weighted by Gasteiger charge is 2.13. The fraction of sp³-hybridized carbons (Fsp3) is 0.364. The van der Waals surface area contributed by atoms with Gasteiger partial charge in [0.15, 0.2) is 0 Å². The first kappa shape index (κ1) is 12.6. The summed E-state index contributed by atoms with van der Waals surface area (Å²) in [4.78, 5) is 11.0.